The van der Waals surface area contributed by atoms with Gasteiger partial charge in [-0.3, -0.25) is 0 Å². The van der Waals surface area contributed by atoms with Crippen molar-refractivity contribution < 1.29 is 8.42 Å². The molecule has 0 atom stereocenters. The van der Waals surface area contributed by atoms with E-state index in [0.29, 0.717) is 20.9 Å². The summed E-state index contributed by atoms with van der Waals surface area (Å²) in [6.45, 7) is 0. The highest BCUT2D eigenvalue weighted by Crippen LogP contribution is 2.39. The van der Waals surface area contributed by atoms with E-state index in [4.69, 9.17) is 11.6 Å². The smallest absolute Gasteiger partial charge is 0.296 e. The van der Waals surface area contributed by atoms with E-state index in [9.17, 15) is 8.42 Å². The predicted molar refractivity (Wildman–Crippen MR) is 85.3 cm³/mol. The summed E-state index contributed by atoms with van der Waals surface area (Å²) in [7, 11) is -3.64. The Balaban J connectivity index is 1.81. The van der Waals surface area contributed by atoms with Gasteiger partial charge in [0, 0.05) is 5.75 Å². The number of benzene rings is 1. The first-order chi connectivity index (χ1) is 9.54. The van der Waals surface area contributed by atoms with Crippen molar-refractivity contribution in [1.29, 1.82) is 0 Å². The van der Waals surface area contributed by atoms with Crippen molar-refractivity contribution in [2.24, 2.45) is 4.40 Å². The van der Waals surface area contributed by atoms with Gasteiger partial charge >= 0.3 is 0 Å². The number of fused-ring (bicyclic) bond motifs is 1. The third-order valence-corrected chi connectivity index (χ3v) is 6.68. The van der Waals surface area contributed by atoms with E-state index in [2.05, 4.69) is 9.71 Å². The number of thiophene rings is 1. The number of rotatable bonds is 2. The fourth-order valence-electron chi connectivity index (χ4n) is 1.70. The van der Waals surface area contributed by atoms with Gasteiger partial charge in [0.2, 0.25) is 0 Å². The van der Waals surface area contributed by atoms with Crippen LogP contribution in [0.3, 0.4) is 0 Å². The molecule has 0 unspecified atom stereocenters. The molecule has 0 fully saturated rings. The third kappa shape index (κ3) is 2.85. The van der Waals surface area contributed by atoms with Crippen molar-refractivity contribution in [2.45, 2.75) is 9.96 Å². The Labute approximate surface area is 129 Å². The monoisotopic (exact) mass is 344 g/mol. The summed E-state index contributed by atoms with van der Waals surface area (Å²) in [5.41, 5.74) is 1.61. The number of hydrogen-bond acceptors (Lipinski definition) is 5. The Morgan fingerprint density at radius 2 is 2.05 bits per heavy atom. The Bertz CT molecular complexity index is 769. The van der Waals surface area contributed by atoms with Crippen LogP contribution in [-0.2, 0) is 15.8 Å². The number of nitrogens with zero attached hydrogens (tertiary/aromatic N) is 1. The standard InChI is InChI=1S/C12H9ClN2O2S3/c13-10-6-9-11(19-10)20(16,17)15-12(14-9)18-7-8-4-2-1-3-5-8/h1-6H,7H2,(H,14,15). The number of sulfonamides is 1. The molecule has 3 rings (SSSR count). The lowest BCUT2D eigenvalue weighted by Crippen LogP contribution is -2.17. The van der Waals surface area contributed by atoms with Crippen LogP contribution in [0.4, 0.5) is 5.69 Å². The summed E-state index contributed by atoms with van der Waals surface area (Å²) >= 11 is 8.21. The number of nitrogens with one attached hydrogen (secondary N) is 1. The number of hydrogen-bond donors (Lipinski definition) is 1. The molecule has 0 spiro atoms. The summed E-state index contributed by atoms with van der Waals surface area (Å²) in [6, 6.07) is 11.4. The zero-order chi connectivity index (χ0) is 14.2. The number of halogens is 1. The summed E-state index contributed by atoms with van der Waals surface area (Å²) in [5, 5.41) is 3.37. The van der Waals surface area contributed by atoms with Gasteiger partial charge < -0.3 is 5.32 Å². The molecule has 104 valence electrons. The second-order valence-electron chi connectivity index (χ2n) is 4.02. The second kappa shape index (κ2) is 5.40. The normalized spacial score (nSPS) is 16.1. The Kier molecular flexibility index (Phi) is 3.76. The maximum atomic E-state index is 12.0. The molecule has 1 N–H and O–H groups in total. The molecule has 0 saturated carbocycles. The number of anilines is 1. The van der Waals surface area contributed by atoms with Gasteiger partial charge in [0.25, 0.3) is 10.0 Å². The maximum absolute atomic E-state index is 12.0. The Hall–Kier alpha value is -1.02. The summed E-state index contributed by atoms with van der Waals surface area (Å²) in [6.07, 6.45) is 0. The third-order valence-electron chi connectivity index (χ3n) is 2.57. The Morgan fingerprint density at radius 3 is 2.80 bits per heavy atom. The molecule has 1 aliphatic rings. The van der Waals surface area contributed by atoms with Crippen LogP contribution >= 0.6 is 34.7 Å². The zero-order valence-electron chi connectivity index (χ0n) is 10.0. The molecule has 0 aliphatic carbocycles. The summed E-state index contributed by atoms with van der Waals surface area (Å²) < 4.78 is 28.4. The van der Waals surface area contributed by atoms with E-state index in [1.54, 1.807) is 6.07 Å². The topological polar surface area (TPSA) is 58.5 Å². The SMILES string of the molecule is O=S1(=O)N=C(SCc2ccccc2)Nc2cc(Cl)sc21. The quantitative estimate of drug-likeness (QED) is 0.900. The van der Waals surface area contributed by atoms with Gasteiger partial charge in [-0.1, -0.05) is 53.7 Å². The van der Waals surface area contributed by atoms with Gasteiger partial charge in [-0.15, -0.1) is 15.7 Å². The Morgan fingerprint density at radius 1 is 1.30 bits per heavy atom. The minimum Gasteiger partial charge on any atom is -0.332 e. The second-order valence-corrected chi connectivity index (χ2v) is 8.47. The first kappa shape index (κ1) is 13.9. The highest BCUT2D eigenvalue weighted by atomic mass is 35.5. The van der Waals surface area contributed by atoms with E-state index in [-0.39, 0.29) is 4.21 Å². The van der Waals surface area contributed by atoms with Crippen molar-refractivity contribution in [3.05, 3.63) is 46.3 Å². The van der Waals surface area contributed by atoms with E-state index < -0.39 is 10.0 Å². The highest BCUT2D eigenvalue weighted by molar-refractivity contribution is 8.14. The van der Waals surface area contributed by atoms with Crippen molar-refractivity contribution in [1.82, 2.24) is 0 Å². The lowest BCUT2D eigenvalue weighted by molar-refractivity contribution is 0.600. The minimum absolute atomic E-state index is 0.173. The molecule has 8 heteroatoms. The van der Waals surface area contributed by atoms with Gasteiger partial charge in [0.05, 0.1) is 10.0 Å². The van der Waals surface area contributed by atoms with E-state index in [0.717, 1.165) is 16.9 Å². The molecular formula is C12H9ClN2O2S3. The van der Waals surface area contributed by atoms with Crippen LogP contribution in [0.25, 0.3) is 0 Å². The first-order valence-electron chi connectivity index (χ1n) is 5.63. The molecule has 1 aliphatic heterocycles. The van der Waals surface area contributed by atoms with Crippen LogP contribution in [0.1, 0.15) is 5.56 Å². The van der Waals surface area contributed by atoms with E-state index in [1.165, 1.54) is 11.8 Å². The fraction of sp³-hybridized carbons (Fsp3) is 0.0833. The largest absolute Gasteiger partial charge is 0.332 e. The predicted octanol–water partition coefficient (Wildman–Crippen LogP) is 3.81. The molecule has 0 amide bonds. The van der Waals surface area contributed by atoms with Gasteiger partial charge in [-0.2, -0.15) is 8.42 Å². The van der Waals surface area contributed by atoms with Crippen LogP contribution in [-0.4, -0.2) is 13.6 Å². The molecule has 2 heterocycles. The number of thioether (sulfide) groups is 1. The van der Waals surface area contributed by atoms with Crippen LogP contribution in [0.15, 0.2) is 45.0 Å². The molecule has 4 nitrogen and oxygen atoms in total. The van der Waals surface area contributed by atoms with E-state index >= 15 is 0 Å². The summed E-state index contributed by atoms with van der Waals surface area (Å²) in [4.78, 5) is 0. The molecule has 0 saturated heterocycles. The van der Waals surface area contributed by atoms with Crippen molar-refractivity contribution in [2.75, 3.05) is 5.32 Å². The maximum Gasteiger partial charge on any atom is 0.296 e. The molecule has 1 aromatic heterocycles. The minimum atomic E-state index is -3.64. The number of amidine groups is 1. The summed E-state index contributed by atoms with van der Waals surface area (Å²) in [5.74, 6) is 0.648. The van der Waals surface area contributed by atoms with Crippen LogP contribution in [0.5, 0.6) is 0 Å². The van der Waals surface area contributed by atoms with Gasteiger partial charge in [0.1, 0.15) is 0 Å². The van der Waals surface area contributed by atoms with Gasteiger partial charge in [0.15, 0.2) is 9.38 Å². The average Bonchev–Trinajstić information content (AvgIpc) is 2.79. The van der Waals surface area contributed by atoms with Crippen molar-refractivity contribution in [3.8, 4) is 0 Å². The fourth-order valence-corrected chi connectivity index (χ4v) is 5.47. The lowest BCUT2D eigenvalue weighted by Gasteiger charge is -2.14. The molecule has 2 aromatic rings. The van der Waals surface area contributed by atoms with Crippen molar-refractivity contribution in [3.63, 3.8) is 0 Å². The van der Waals surface area contributed by atoms with Crippen molar-refractivity contribution >= 4 is 55.6 Å². The lowest BCUT2D eigenvalue weighted by atomic mass is 10.2. The molecule has 20 heavy (non-hydrogen) atoms. The van der Waals surface area contributed by atoms with Crippen LogP contribution < -0.4 is 5.32 Å². The molecule has 0 bridgehead atoms. The van der Waals surface area contributed by atoms with E-state index in [1.807, 2.05) is 30.3 Å². The molecule has 0 radical (unpaired) electrons. The van der Waals surface area contributed by atoms with Gasteiger partial charge in [-0.25, -0.2) is 0 Å². The molecular weight excluding hydrogens is 336 g/mol. The van der Waals surface area contributed by atoms with Gasteiger partial charge in [-0.05, 0) is 11.6 Å². The van der Waals surface area contributed by atoms with Crippen LogP contribution in [0.2, 0.25) is 4.34 Å². The zero-order valence-corrected chi connectivity index (χ0v) is 13.2. The molecule has 1 aromatic carbocycles. The average molecular weight is 345 g/mol. The highest BCUT2D eigenvalue weighted by Gasteiger charge is 2.27. The first-order valence-corrected chi connectivity index (χ1v) is 9.25. The van der Waals surface area contributed by atoms with Crippen LogP contribution in [0, 0.1) is 0 Å².